The van der Waals surface area contributed by atoms with Gasteiger partial charge in [-0.1, -0.05) is 6.07 Å². The largest absolute Gasteiger partial charge is 0.373 e. The molecule has 0 atom stereocenters. The minimum Gasteiger partial charge on any atom is -0.373 e. The van der Waals surface area contributed by atoms with Gasteiger partial charge in [0.25, 0.3) is 0 Å². The molecule has 0 fully saturated rings. The van der Waals surface area contributed by atoms with Crippen LogP contribution < -0.4 is 5.32 Å². The third-order valence-electron chi connectivity index (χ3n) is 1.79. The van der Waals surface area contributed by atoms with E-state index in [1.807, 2.05) is 40.0 Å². The van der Waals surface area contributed by atoms with E-state index in [2.05, 4.69) is 10.3 Å². The molecule has 1 aromatic rings. The summed E-state index contributed by atoms with van der Waals surface area (Å²) in [6.07, 6.45) is 1.77. The van der Waals surface area contributed by atoms with Crippen LogP contribution in [0.25, 0.3) is 0 Å². The summed E-state index contributed by atoms with van der Waals surface area (Å²) < 4.78 is 5.68. The number of anilines is 1. The average molecular weight is 194 g/mol. The zero-order valence-electron chi connectivity index (χ0n) is 9.29. The quantitative estimate of drug-likeness (QED) is 0.802. The predicted octanol–water partition coefficient (Wildman–Crippen LogP) is 2.44. The number of hydrogen-bond acceptors (Lipinski definition) is 3. The van der Waals surface area contributed by atoms with E-state index in [1.165, 1.54) is 0 Å². The minimum absolute atomic E-state index is 0.110. The van der Waals surface area contributed by atoms with Crippen LogP contribution in [-0.2, 0) is 11.3 Å². The van der Waals surface area contributed by atoms with Crippen LogP contribution in [0.2, 0.25) is 0 Å². The monoisotopic (exact) mass is 194 g/mol. The van der Waals surface area contributed by atoms with Crippen molar-refractivity contribution in [2.24, 2.45) is 0 Å². The number of rotatable bonds is 3. The van der Waals surface area contributed by atoms with Gasteiger partial charge in [0.15, 0.2) is 0 Å². The van der Waals surface area contributed by atoms with Gasteiger partial charge >= 0.3 is 0 Å². The van der Waals surface area contributed by atoms with Crippen LogP contribution in [0.15, 0.2) is 18.3 Å². The van der Waals surface area contributed by atoms with Crippen molar-refractivity contribution in [1.29, 1.82) is 0 Å². The van der Waals surface area contributed by atoms with Crippen LogP contribution >= 0.6 is 0 Å². The van der Waals surface area contributed by atoms with Crippen molar-refractivity contribution in [2.45, 2.75) is 33.0 Å². The molecule has 0 bridgehead atoms. The lowest BCUT2D eigenvalue weighted by atomic mass is 10.2. The molecule has 78 valence electrons. The van der Waals surface area contributed by atoms with E-state index in [0.717, 1.165) is 11.4 Å². The first-order valence-corrected chi connectivity index (χ1v) is 4.78. The van der Waals surface area contributed by atoms with E-state index in [-0.39, 0.29) is 5.60 Å². The molecule has 0 radical (unpaired) electrons. The Kier molecular flexibility index (Phi) is 3.47. The summed E-state index contributed by atoms with van der Waals surface area (Å²) in [6, 6.07) is 3.94. The Morgan fingerprint density at radius 3 is 2.71 bits per heavy atom. The van der Waals surface area contributed by atoms with Crippen molar-refractivity contribution in [1.82, 2.24) is 4.98 Å². The van der Waals surface area contributed by atoms with E-state index in [4.69, 9.17) is 4.74 Å². The van der Waals surface area contributed by atoms with Crippen molar-refractivity contribution in [3.8, 4) is 0 Å². The molecular weight excluding hydrogens is 176 g/mol. The lowest BCUT2D eigenvalue weighted by molar-refractivity contribution is -0.0147. The third-order valence-corrected chi connectivity index (χ3v) is 1.79. The number of ether oxygens (including phenoxy) is 1. The van der Waals surface area contributed by atoms with Crippen LogP contribution in [0.5, 0.6) is 0 Å². The maximum Gasteiger partial charge on any atom is 0.131 e. The summed E-state index contributed by atoms with van der Waals surface area (Å²) in [7, 11) is 1.86. The summed E-state index contributed by atoms with van der Waals surface area (Å²) >= 11 is 0. The highest BCUT2D eigenvalue weighted by Crippen LogP contribution is 2.16. The first-order valence-electron chi connectivity index (χ1n) is 4.78. The molecule has 0 aliphatic heterocycles. The summed E-state index contributed by atoms with van der Waals surface area (Å²) in [5.74, 6) is 0.886. The van der Waals surface area contributed by atoms with Gasteiger partial charge in [0.2, 0.25) is 0 Å². The molecule has 0 aromatic carbocycles. The molecule has 0 amide bonds. The molecule has 0 spiro atoms. The normalized spacial score (nSPS) is 11.4. The standard InChI is InChI=1S/C11H18N2O/c1-11(2,3)14-8-9-6-5-7-13-10(9)12-4/h5-7H,8H2,1-4H3,(H,12,13). The number of aromatic nitrogens is 1. The van der Waals surface area contributed by atoms with Crippen molar-refractivity contribution < 1.29 is 4.74 Å². The second-order valence-corrected chi connectivity index (χ2v) is 4.16. The lowest BCUT2D eigenvalue weighted by Crippen LogP contribution is -2.19. The van der Waals surface area contributed by atoms with E-state index in [1.54, 1.807) is 6.20 Å². The Bertz CT molecular complexity index is 292. The Balaban J connectivity index is 2.67. The minimum atomic E-state index is -0.110. The van der Waals surface area contributed by atoms with Gasteiger partial charge in [0.1, 0.15) is 5.82 Å². The second kappa shape index (κ2) is 4.42. The Morgan fingerprint density at radius 2 is 2.14 bits per heavy atom. The Labute approximate surface area is 85.5 Å². The molecule has 1 N–H and O–H groups in total. The van der Waals surface area contributed by atoms with Gasteiger partial charge in [-0.25, -0.2) is 4.98 Å². The number of pyridine rings is 1. The first-order chi connectivity index (χ1) is 6.53. The highest BCUT2D eigenvalue weighted by molar-refractivity contribution is 5.42. The van der Waals surface area contributed by atoms with Gasteiger partial charge in [-0.2, -0.15) is 0 Å². The van der Waals surface area contributed by atoms with E-state index < -0.39 is 0 Å². The molecule has 3 nitrogen and oxygen atoms in total. The maximum atomic E-state index is 5.68. The average Bonchev–Trinajstić information content (AvgIpc) is 2.14. The number of hydrogen-bond donors (Lipinski definition) is 1. The molecule has 3 heteroatoms. The summed E-state index contributed by atoms with van der Waals surface area (Å²) in [6.45, 7) is 6.72. The van der Waals surface area contributed by atoms with E-state index in [9.17, 15) is 0 Å². The first kappa shape index (κ1) is 11.0. The maximum absolute atomic E-state index is 5.68. The van der Waals surface area contributed by atoms with Crippen LogP contribution in [0.3, 0.4) is 0 Å². The Morgan fingerprint density at radius 1 is 1.43 bits per heavy atom. The fraction of sp³-hybridized carbons (Fsp3) is 0.545. The molecule has 0 unspecified atom stereocenters. The van der Waals surface area contributed by atoms with Gasteiger partial charge in [-0.05, 0) is 26.8 Å². The molecule has 0 aliphatic carbocycles. The lowest BCUT2D eigenvalue weighted by Gasteiger charge is -2.20. The van der Waals surface area contributed by atoms with Gasteiger partial charge < -0.3 is 10.1 Å². The molecule has 0 saturated heterocycles. The second-order valence-electron chi connectivity index (χ2n) is 4.16. The fourth-order valence-electron chi connectivity index (χ4n) is 1.07. The number of nitrogens with zero attached hydrogens (tertiary/aromatic N) is 1. The van der Waals surface area contributed by atoms with E-state index in [0.29, 0.717) is 6.61 Å². The highest BCUT2D eigenvalue weighted by atomic mass is 16.5. The molecule has 1 aromatic heterocycles. The summed E-state index contributed by atoms with van der Waals surface area (Å²) in [5, 5.41) is 3.04. The van der Waals surface area contributed by atoms with Crippen LogP contribution in [0.4, 0.5) is 5.82 Å². The molecule has 0 aliphatic rings. The molecule has 1 heterocycles. The zero-order chi connectivity index (χ0) is 10.6. The van der Waals surface area contributed by atoms with Gasteiger partial charge in [-0.15, -0.1) is 0 Å². The van der Waals surface area contributed by atoms with Crippen molar-refractivity contribution >= 4 is 5.82 Å². The topological polar surface area (TPSA) is 34.2 Å². The molecule has 0 saturated carbocycles. The van der Waals surface area contributed by atoms with E-state index >= 15 is 0 Å². The Hall–Kier alpha value is -1.09. The van der Waals surface area contributed by atoms with Gasteiger partial charge in [-0.3, -0.25) is 0 Å². The van der Waals surface area contributed by atoms with Crippen LogP contribution in [0.1, 0.15) is 26.3 Å². The molecular formula is C11H18N2O. The van der Waals surface area contributed by atoms with Gasteiger partial charge in [0.05, 0.1) is 12.2 Å². The zero-order valence-corrected chi connectivity index (χ0v) is 9.29. The highest BCUT2D eigenvalue weighted by Gasteiger charge is 2.11. The van der Waals surface area contributed by atoms with Crippen LogP contribution in [-0.4, -0.2) is 17.6 Å². The fourth-order valence-corrected chi connectivity index (χ4v) is 1.07. The summed E-state index contributed by atoms with van der Waals surface area (Å²) in [4.78, 5) is 4.21. The number of nitrogens with one attached hydrogen (secondary N) is 1. The van der Waals surface area contributed by atoms with Gasteiger partial charge in [0, 0.05) is 18.8 Å². The van der Waals surface area contributed by atoms with Crippen molar-refractivity contribution in [3.05, 3.63) is 23.9 Å². The molecule has 1 rings (SSSR count). The van der Waals surface area contributed by atoms with Crippen molar-refractivity contribution in [2.75, 3.05) is 12.4 Å². The summed E-state index contributed by atoms with van der Waals surface area (Å²) in [5.41, 5.74) is 0.978. The SMILES string of the molecule is CNc1ncccc1COC(C)(C)C. The molecule has 14 heavy (non-hydrogen) atoms. The van der Waals surface area contributed by atoms with Crippen LogP contribution in [0, 0.1) is 0 Å². The predicted molar refractivity (Wildman–Crippen MR) is 58.3 cm³/mol. The smallest absolute Gasteiger partial charge is 0.131 e. The third kappa shape index (κ3) is 3.34. The van der Waals surface area contributed by atoms with Crippen molar-refractivity contribution in [3.63, 3.8) is 0 Å².